The van der Waals surface area contributed by atoms with E-state index in [0.717, 1.165) is 0 Å². The largest absolute Gasteiger partial charge is 0.374 e. The summed E-state index contributed by atoms with van der Waals surface area (Å²) in [5.74, 6) is 0.396. The average molecular weight is 286 g/mol. The first-order chi connectivity index (χ1) is 8.54. The van der Waals surface area contributed by atoms with Gasteiger partial charge in [0.05, 0.1) is 6.54 Å². The van der Waals surface area contributed by atoms with Gasteiger partial charge in [0, 0.05) is 0 Å². The van der Waals surface area contributed by atoms with Crippen molar-refractivity contribution >= 4 is 34.9 Å². The Kier molecular flexibility index (Phi) is 3.48. The molecule has 2 rings (SSSR count). The highest BCUT2D eigenvalue weighted by atomic mass is 32.1. The Morgan fingerprint density at radius 3 is 2.89 bits per heavy atom. The smallest absolute Gasteiger partial charge is 0.342 e. The van der Waals surface area contributed by atoms with E-state index in [4.69, 9.17) is 5.73 Å². The fourth-order valence-electron chi connectivity index (χ4n) is 1.54. The number of nitrogens with zero attached hydrogens (tertiary/aromatic N) is 5. The Morgan fingerprint density at radius 2 is 2.39 bits per heavy atom. The second-order valence-corrected chi connectivity index (χ2v) is 4.91. The van der Waals surface area contributed by atoms with Crippen LogP contribution < -0.4 is 5.73 Å². The van der Waals surface area contributed by atoms with Crippen LogP contribution in [0.3, 0.4) is 0 Å². The lowest BCUT2D eigenvalue weighted by Gasteiger charge is -2.05. The summed E-state index contributed by atoms with van der Waals surface area (Å²) in [6, 6.07) is 0. The second-order valence-electron chi connectivity index (χ2n) is 3.36. The van der Waals surface area contributed by atoms with Gasteiger partial charge in [0.15, 0.2) is 0 Å². The zero-order valence-electron chi connectivity index (χ0n) is 9.35. The normalized spacial score (nSPS) is 12.6. The Hall–Kier alpha value is -1.68. The first-order valence-electron chi connectivity index (χ1n) is 5.01. The Morgan fingerprint density at radius 1 is 1.67 bits per heavy atom. The van der Waals surface area contributed by atoms with Crippen LogP contribution in [0.25, 0.3) is 0 Å². The van der Waals surface area contributed by atoms with E-state index in [1.54, 1.807) is 6.92 Å². The Bertz CT molecular complexity index is 580. The molecule has 0 saturated heterocycles. The Labute approximate surface area is 111 Å². The quantitative estimate of drug-likeness (QED) is 0.497. The molecule has 0 amide bonds. The maximum absolute atomic E-state index is 10.8. The molecular formula is C8H10N6O2S2. The molecule has 0 fully saturated rings. The molecule has 0 radical (unpaired) electrons. The molecule has 0 spiro atoms. The molecule has 0 aliphatic rings. The summed E-state index contributed by atoms with van der Waals surface area (Å²) in [4.78, 5) is 14.4. The van der Waals surface area contributed by atoms with Gasteiger partial charge in [-0.1, -0.05) is 11.3 Å². The minimum absolute atomic E-state index is 0.0657. The van der Waals surface area contributed by atoms with Crippen molar-refractivity contribution in [2.24, 2.45) is 0 Å². The van der Waals surface area contributed by atoms with E-state index in [0.29, 0.717) is 22.5 Å². The van der Waals surface area contributed by atoms with Crippen molar-refractivity contribution < 1.29 is 4.92 Å². The van der Waals surface area contributed by atoms with E-state index >= 15 is 0 Å². The van der Waals surface area contributed by atoms with Gasteiger partial charge in [-0.05, 0) is 11.8 Å². The van der Waals surface area contributed by atoms with Crippen LogP contribution in [0, 0.1) is 10.1 Å². The third-order valence-corrected chi connectivity index (χ3v) is 3.77. The number of nitro groups is 1. The van der Waals surface area contributed by atoms with Crippen LogP contribution in [0.2, 0.25) is 0 Å². The summed E-state index contributed by atoms with van der Waals surface area (Å²) in [6.07, 6.45) is 1.21. The topological polar surface area (TPSA) is 113 Å². The van der Waals surface area contributed by atoms with Gasteiger partial charge in [0.1, 0.15) is 16.5 Å². The lowest BCUT2D eigenvalue weighted by atomic mass is 10.4. The van der Waals surface area contributed by atoms with E-state index in [9.17, 15) is 10.1 Å². The first-order valence-corrected chi connectivity index (χ1v) is 6.34. The second kappa shape index (κ2) is 4.90. The van der Waals surface area contributed by atoms with Crippen molar-refractivity contribution in [2.45, 2.75) is 18.7 Å². The molecule has 2 heterocycles. The lowest BCUT2D eigenvalue weighted by molar-refractivity contribution is -0.392. The zero-order chi connectivity index (χ0) is 13.3. The van der Waals surface area contributed by atoms with Gasteiger partial charge in [0.25, 0.3) is 0 Å². The van der Waals surface area contributed by atoms with Crippen molar-refractivity contribution in [1.82, 2.24) is 19.7 Å². The van der Waals surface area contributed by atoms with Crippen molar-refractivity contribution in [3.8, 4) is 0 Å². The maximum atomic E-state index is 10.8. The van der Waals surface area contributed by atoms with Gasteiger partial charge in [-0.3, -0.25) is 0 Å². The molecule has 2 N–H and O–H groups in total. The molecule has 0 aliphatic heterocycles. The molecule has 96 valence electrons. The van der Waals surface area contributed by atoms with Crippen LogP contribution in [0.4, 0.5) is 10.9 Å². The van der Waals surface area contributed by atoms with Crippen LogP contribution in [-0.4, -0.2) is 24.7 Å². The summed E-state index contributed by atoms with van der Waals surface area (Å²) in [6.45, 7) is 2.23. The van der Waals surface area contributed by atoms with Crippen molar-refractivity contribution in [2.75, 3.05) is 5.73 Å². The number of aromatic nitrogens is 4. The molecular weight excluding hydrogens is 276 g/mol. The van der Waals surface area contributed by atoms with E-state index in [-0.39, 0.29) is 5.82 Å². The first kappa shape index (κ1) is 12.8. The highest BCUT2D eigenvalue weighted by Gasteiger charge is 2.27. The van der Waals surface area contributed by atoms with E-state index in [2.05, 4.69) is 27.8 Å². The van der Waals surface area contributed by atoms with Crippen molar-refractivity contribution in [1.29, 1.82) is 0 Å². The summed E-state index contributed by atoms with van der Waals surface area (Å²) in [5, 5.41) is 18.8. The van der Waals surface area contributed by atoms with Crippen molar-refractivity contribution in [3.05, 3.63) is 27.1 Å². The van der Waals surface area contributed by atoms with Crippen LogP contribution in [0.1, 0.15) is 23.0 Å². The summed E-state index contributed by atoms with van der Waals surface area (Å²) in [5.41, 5.74) is 5.49. The highest BCUT2D eigenvalue weighted by molar-refractivity contribution is 7.80. The molecule has 0 bridgehead atoms. The molecule has 0 aromatic carbocycles. The number of nitrogens with two attached hydrogens (primary N) is 1. The van der Waals surface area contributed by atoms with Gasteiger partial charge in [-0.25, -0.2) is 9.55 Å². The van der Waals surface area contributed by atoms with Gasteiger partial charge in [0.2, 0.25) is 11.0 Å². The number of imidazole rings is 1. The third-order valence-electron chi connectivity index (χ3n) is 2.30. The minimum atomic E-state index is -0.478. The molecule has 8 nitrogen and oxygen atoms in total. The number of rotatable bonds is 4. The van der Waals surface area contributed by atoms with Gasteiger partial charge < -0.3 is 15.8 Å². The fraction of sp³-hybridized carbons (Fsp3) is 0.375. The number of thiol groups is 1. The lowest BCUT2D eigenvalue weighted by Crippen LogP contribution is -2.08. The standard InChI is InChI=1S/C8H10N6O2S2/c1-2-13-4(14(15)16)3-10-6(13)5(17)7-11-12-8(9)18-7/h3,5,17H,2H2,1H3,(H2,9,12). The van der Waals surface area contributed by atoms with E-state index in [1.807, 2.05) is 0 Å². The summed E-state index contributed by atoms with van der Waals surface area (Å²) < 4.78 is 1.48. The van der Waals surface area contributed by atoms with Gasteiger partial charge in [-0.15, -0.1) is 10.2 Å². The third kappa shape index (κ3) is 2.16. The van der Waals surface area contributed by atoms with Crippen molar-refractivity contribution in [3.63, 3.8) is 0 Å². The number of nitrogen functional groups attached to an aromatic ring is 1. The molecule has 18 heavy (non-hydrogen) atoms. The summed E-state index contributed by atoms with van der Waals surface area (Å²) >= 11 is 5.56. The molecule has 1 atom stereocenters. The van der Waals surface area contributed by atoms with E-state index < -0.39 is 10.2 Å². The molecule has 0 aliphatic carbocycles. The van der Waals surface area contributed by atoms with Gasteiger partial charge in [-0.2, -0.15) is 12.6 Å². The van der Waals surface area contributed by atoms with Crippen LogP contribution in [0.15, 0.2) is 6.20 Å². The average Bonchev–Trinajstić information content (AvgIpc) is 2.93. The predicted octanol–water partition coefficient (Wildman–Crippen LogP) is 1.26. The van der Waals surface area contributed by atoms with Crippen LogP contribution >= 0.6 is 24.0 Å². The molecule has 0 saturated carbocycles. The molecule has 1 unspecified atom stereocenters. The number of hydrogen-bond donors (Lipinski definition) is 2. The summed E-state index contributed by atoms with van der Waals surface area (Å²) in [7, 11) is 0. The minimum Gasteiger partial charge on any atom is -0.374 e. The number of anilines is 1. The molecule has 2 aromatic rings. The maximum Gasteiger partial charge on any atom is 0.342 e. The highest BCUT2D eigenvalue weighted by Crippen LogP contribution is 2.32. The zero-order valence-corrected chi connectivity index (χ0v) is 11.1. The Balaban J connectivity index is 2.42. The molecule has 2 aromatic heterocycles. The predicted molar refractivity (Wildman–Crippen MR) is 69.7 cm³/mol. The number of hydrogen-bond acceptors (Lipinski definition) is 8. The van der Waals surface area contributed by atoms with Gasteiger partial charge >= 0.3 is 5.82 Å². The molecule has 10 heteroatoms. The van der Waals surface area contributed by atoms with E-state index in [1.165, 1.54) is 22.1 Å². The fourth-order valence-corrected chi connectivity index (χ4v) is 2.55. The SMILES string of the molecule is CCn1c([N+](=O)[O-])cnc1C(S)c1nnc(N)s1. The van der Waals surface area contributed by atoms with Crippen LogP contribution in [0.5, 0.6) is 0 Å². The monoisotopic (exact) mass is 286 g/mol. The van der Waals surface area contributed by atoms with Crippen LogP contribution in [-0.2, 0) is 6.54 Å².